The van der Waals surface area contributed by atoms with Gasteiger partial charge in [-0.1, -0.05) is 24.3 Å². The molecule has 11 nitrogen and oxygen atoms in total. The Bertz CT molecular complexity index is 1800. The third kappa shape index (κ3) is 7.34. The van der Waals surface area contributed by atoms with Crippen molar-refractivity contribution in [2.24, 2.45) is 0 Å². The van der Waals surface area contributed by atoms with Gasteiger partial charge in [-0.15, -0.1) is 0 Å². The molecule has 264 valence electrons. The normalized spacial score (nSPS) is 18.2. The summed E-state index contributed by atoms with van der Waals surface area (Å²) in [6.45, 7) is 6.55. The lowest BCUT2D eigenvalue weighted by molar-refractivity contribution is 0.0780. The predicted molar refractivity (Wildman–Crippen MR) is 189 cm³/mol. The highest BCUT2D eigenvalue weighted by molar-refractivity contribution is 5.96. The summed E-state index contributed by atoms with van der Waals surface area (Å²) in [5.74, 6) is 1.83. The Hall–Kier alpha value is -4.86. The number of anilines is 1. The predicted octanol–water partition coefficient (Wildman–Crippen LogP) is 5.13. The number of imidazole rings is 1. The molecule has 6 rings (SSSR count). The molecule has 0 spiro atoms. The number of halogens is 1. The van der Waals surface area contributed by atoms with Gasteiger partial charge in [0.2, 0.25) is 11.7 Å². The summed E-state index contributed by atoms with van der Waals surface area (Å²) in [5, 5.41) is 8.90. The van der Waals surface area contributed by atoms with Gasteiger partial charge in [0.1, 0.15) is 12.4 Å². The molecule has 2 saturated heterocycles. The fourth-order valence-electron chi connectivity index (χ4n) is 7.39. The number of carbonyl (C=O) groups excluding carboxylic acids is 1. The number of benzene rings is 3. The zero-order chi connectivity index (χ0) is 35.1. The maximum absolute atomic E-state index is 14.1. The largest absolute Gasteiger partial charge is 0.493 e. The number of rotatable bonds is 13. The lowest BCUT2D eigenvalue weighted by atomic mass is 9.76. The molecule has 0 radical (unpaired) electrons. The molecule has 50 heavy (non-hydrogen) atoms. The van der Waals surface area contributed by atoms with Crippen molar-refractivity contribution in [3.8, 4) is 23.3 Å². The number of aromatic nitrogens is 2. The summed E-state index contributed by atoms with van der Waals surface area (Å²) in [5.41, 5.74) is 3.18. The van der Waals surface area contributed by atoms with Crippen molar-refractivity contribution in [1.82, 2.24) is 19.4 Å². The number of hydrogen-bond donors (Lipinski definition) is 0. The lowest BCUT2D eigenvalue weighted by Crippen LogP contribution is -2.39. The van der Waals surface area contributed by atoms with Gasteiger partial charge < -0.3 is 38.2 Å². The van der Waals surface area contributed by atoms with Gasteiger partial charge in [0.25, 0.3) is 5.91 Å². The molecule has 4 aromatic rings. The summed E-state index contributed by atoms with van der Waals surface area (Å²) in [7, 11) is 4.61. The number of amides is 1. The highest BCUT2D eigenvalue weighted by Crippen LogP contribution is 2.41. The van der Waals surface area contributed by atoms with Crippen LogP contribution in [0.4, 0.5) is 10.3 Å². The van der Waals surface area contributed by atoms with E-state index in [1.54, 1.807) is 12.1 Å². The second-order valence-electron chi connectivity index (χ2n) is 12.9. The van der Waals surface area contributed by atoms with Gasteiger partial charge in [-0.3, -0.25) is 4.79 Å². The van der Waals surface area contributed by atoms with Crippen LogP contribution in [0.1, 0.15) is 35.2 Å². The van der Waals surface area contributed by atoms with Crippen LogP contribution in [0.5, 0.6) is 17.2 Å². The van der Waals surface area contributed by atoms with E-state index in [2.05, 4.69) is 20.4 Å². The van der Waals surface area contributed by atoms with Crippen molar-refractivity contribution < 1.29 is 28.1 Å². The molecule has 0 N–H and O–H groups in total. The highest BCUT2D eigenvalue weighted by Gasteiger charge is 2.42. The van der Waals surface area contributed by atoms with Crippen LogP contribution in [0.15, 0.2) is 60.7 Å². The first-order chi connectivity index (χ1) is 24.4. The SMILES string of the molecule is COc1cc(C(=O)N2CCC(CCN3CCCN(c4nc5ccccc5n4CCOCC#N)CC3)(c3ccc(F)cc3)C2)cc(OC)c1OC. The van der Waals surface area contributed by atoms with Crippen LogP contribution in [0.2, 0.25) is 0 Å². The Morgan fingerprint density at radius 2 is 1.70 bits per heavy atom. The van der Waals surface area contributed by atoms with Crippen LogP contribution < -0.4 is 19.1 Å². The van der Waals surface area contributed by atoms with E-state index in [4.69, 9.17) is 29.2 Å². The van der Waals surface area contributed by atoms with Crippen molar-refractivity contribution in [1.29, 1.82) is 5.26 Å². The summed E-state index contributed by atoms with van der Waals surface area (Å²) in [6.07, 6.45) is 2.57. The standard InChI is InChI=1S/C38H45FN6O5/c1-47-33-25-28(26-34(48-2)35(33)49-3)36(46)44-19-14-38(27-44,29-9-11-30(39)12-10-29)13-18-42-16-6-17-43(21-20-42)37-41-31-7-4-5-8-32(31)45(37)22-24-50-23-15-40/h4-5,7-12,25-26H,6,13-14,16-24,27H2,1-3H3. The highest BCUT2D eigenvalue weighted by atomic mass is 19.1. The van der Waals surface area contributed by atoms with Crippen molar-refractivity contribution >= 4 is 22.9 Å². The quantitative estimate of drug-likeness (QED) is 0.177. The summed E-state index contributed by atoms with van der Waals surface area (Å²) < 4.78 is 38.3. The maximum atomic E-state index is 14.1. The Morgan fingerprint density at radius 1 is 0.940 bits per heavy atom. The van der Waals surface area contributed by atoms with E-state index in [0.29, 0.717) is 49.1 Å². The van der Waals surface area contributed by atoms with E-state index in [0.717, 1.165) is 74.5 Å². The minimum atomic E-state index is -0.326. The van der Waals surface area contributed by atoms with E-state index < -0.39 is 0 Å². The molecule has 1 atom stereocenters. The molecular formula is C38H45FN6O5. The zero-order valence-corrected chi connectivity index (χ0v) is 29.1. The molecule has 2 aliphatic heterocycles. The molecule has 0 saturated carbocycles. The third-order valence-corrected chi connectivity index (χ3v) is 10.0. The Kier molecular flexibility index (Phi) is 11.0. The van der Waals surface area contributed by atoms with E-state index in [1.807, 2.05) is 41.3 Å². The minimum Gasteiger partial charge on any atom is -0.493 e. The van der Waals surface area contributed by atoms with E-state index >= 15 is 0 Å². The number of likely N-dealkylation sites (tertiary alicyclic amines) is 1. The molecule has 1 unspecified atom stereocenters. The Labute approximate surface area is 292 Å². The van der Waals surface area contributed by atoms with Crippen molar-refractivity contribution in [2.45, 2.75) is 31.2 Å². The Balaban J connectivity index is 1.17. The lowest BCUT2D eigenvalue weighted by Gasteiger charge is -2.33. The van der Waals surface area contributed by atoms with Gasteiger partial charge in [0, 0.05) is 50.2 Å². The van der Waals surface area contributed by atoms with Crippen molar-refractivity contribution in [3.63, 3.8) is 0 Å². The first kappa shape index (κ1) is 35.0. The summed E-state index contributed by atoms with van der Waals surface area (Å²) in [6, 6.07) is 20.3. The molecule has 3 heterocycles. The molecule has 1 aromatic heterocycles. The number of ether oxygens (including phenoxy) is 4. The number of carbonyl (C=O) groups is 1. The molecule has 3 aromatic carbocycles. The fourth-order valence-corrected chi connectivity index (χ4v) is 7.39. The van der Waals surface area contributed by atoms with Crippen LogP contribution in [0.3, 0.4) is 0 Å². The van der Waals surface area contributed by atoms with Crippen LogP contribution >= 0.6 is 0 Å². The number of hydrogen-bond acceptors (Lipinski definition) is 9. The smallest absolute Gasteiger partial charge is 0.254 e. The zero-order valence-electron chi connectivity index (χ0n) is 29.1. The number of para-hydroxylation sites is 2. The van der Waals surface area contributed by atoms with Gasteiger partial charge in [-0.2, -0.15) is 5.26 Å². The molecule has 12 heteroatoms. The second-order valence-corrected chi connectivity index (χ2v) is 12.9. The monoisotopic (exact) mass is 684 g/mol. The second kappa shape index (κ2) is 15.8. The number of fused-ring (bicyclic) bond motifs is 1. The molecule has 2 fully saturated rings. The van der Waals surface area contributed by atoms with Gasteiger partial charge in [-0.05, 0) is 74.3 Å². The summed E-state index contributed by atoms with van der Waals surface area (Å²) >= 11 is 0. The third-order valence-electron chi connectivity index (χ3n) is 10.0. The van der Waals surface area contributed by atoms with Gasteiger partial charge in [0.05, 0.1) is 45.0 Å². The van der Waals surface area contributed by atoms with Gasteiger partial charge >= 0.3 is 0 Å². The number of methoxy groups -OCH3 is 3. The maximum Gasteiger partial charge on any atom is 0.254 e. The summed E-state index contributed by atoms with van der Waals surface area (Å²) in [4.78, 5) is 25.7. The van der Waals surface area contributed by atoms with Crippen LogP contribution in [-0.2, 0) is 16.7 Å². The van der Waals surface area contributed by atoms with E-state index in [1.165, 1.54) is 33.5 Å². The van der Waals surface area contributed by atoms with E-state index in [9.17, 15) is 9.18 Å². The van der Waals surface area contributed by atoms with Crippen LogP contribution in [-0.4, -0.2) is 106 Å². The van der Waals surface area contributed by atoms with Gasteiger partial charge in [-0.25, -0.2) is 9.37 Å². The number of nitriles is 1. The average Bonchev–Trinajstić information content (AvgIpc) is 3.66. The molecule has 2 aliphatic rings. The first-order valence-corrected chi connectivity index (χ1v) is 17.1. The van der Waals surface area contributed by atoms with Crippen molar-refractivity contribution in [3.05, 3.63) is 77.6 Å². The van der Waals surface area contributed by atoms with Gasteiger partial charge in [0.15, 0.2) is 11.5 Å². The van der Waals surface area contributed by atoms with E-state index in [-0.39, 0.29) is 23.7 Å². The number of nitrogens with zero attached hydrogens (tertiary/aromatic N) is 6. The van der Waals surface area contributed by atoms with Crippen LogP contribution in [0.25, 0.3) is 11.0 Å². The topological polar surface area (TPSA) is 105 Å². The minimum absolute atomic E-state index is 0.0664. The Morgan fingerprint density at radius 3 is 2.42 bits per heavy atom. The first-order valence-electron chi connectivity index (χ1n) is 17.1. The molecule has 0 aliphatic carbocycles. The fraction of sp³-hybridized carbons (Fsp3) is 0.447. The molecule has 1 amide bonds. The molecule has 0 bridgehead atoms. The van der Waals surface area contributed by atoms with Crippen LogP contribution in [0, 0.1) is 17.1 Å². The molecular weight excluding hydrogens is 639 g/mol. The average molecular weight is 685 g/mol. The van der Waals surface area contributed by atoms with Crippen molar-refractivity contribution in [2.75, 3.05) is 85.3 Å².